The number of carbonyl (C=O) groups is 2. The van der Waals surface area contributed by atoms with Crippen molar-refractivity contribution < 1.29 is 19.4 Å². The van der Waals surface area contributed by atoms with Crippen LogP contribution in [0.4, 0.5) is 4.79 Å². The number of benzene rings is 2. The Morgan fingerprint density at radius 2 is 1.62 bits per heavy atom. The van der Waals surface area contributed by atoms with Gasteiger partial charge in [-0.2, -0.15) is 0 Å². The quantitative estimate of drug-likeness (QED) is 0.782. The molecule has 2 atom stereocenters. The highest BCUT2D eigenvalue weighted by atomic mass is 16.5. The predicted molar refractivity (Wildman–Crippen MR) is 111 cm³/mol. The lowest BCUT2D eigenvalue weighted by Crippen LogP contribution is -2.57. The van der Waals surface area contributed by atoms with Crippen LogP contribution < -0.4 is 5.32 Å². The van der Waals surface area contributed by atoms with Gasteiger partial charge in [-0.1, -0.05) is 69.3 Å². The number of carbonyl (C=O) groups excluding carboxylic acids is 1. The first-order valence-corrected chi connectivity index (χ1v) is 10.1. The lowest BCUT2D eigenvalue weighted by molar-refractivity contribution is -0.146. The van der Waals surface area contributed by atoms with E-state index in [1.165, 1.54) is 0 Å². The van der Waals surface area contributed by atoms with Crippen LogP contribution in [0.25, 0.3) is 11.1 Å². The van der Waals surface area contributed by atoms with Gasteiger partial charge in [0, 0.05) is 5.92 Å². The van der Waals surface area contributed by atoms with Gasteiger partial charge in [0.2, 0.25) is 0 Å². The van der Waals surface area contributed by atoms with Gasteiger partial charge in [0.15, 0.2) is 0 Å². The van der Waals surface area contributed by atoms with Crippen molar-refractivity contribution >= 4 is 12.1 Å². The summed E-state index contributed by atoms with van der Waals surface area (Å²) >= 11 is 0. The van der Waals surface area contributed by atoms with E-state index in [1.54, 1.807) is 0 Å². The van der Waals surface area contributed by atoms with Crippen LogP contribution in [0.2, 0.25) is 0 Å². The summed E-state index contributed by atoms with van der Waals surface area (Å²) < 4.78 is 5.58. The minimum atomic E-state index is -1.29. The second-order valence-corrected chi connectivity index (χ2v) is 9.17. The molecule has 2 aliphatic carbocycles. The van der Waals surface area contributed by atoms with Crippen LogP contribution in [0, 0.1) is 11.3 Å². The summed E-state index contributed by atoms with van der Waals surface area (Å²) in [5, 5.41) is 12.6. The molecule has 0 radical (unpaired) electrons. The van der Waals surface area contributed by atoms with Crippen molar-refractivity contribution in [2.24, 2.45) is 11.3 Å². The average Bonchev–Trinajstić information content (AvgIpc) is 3.11. The molecular formula is C24H27NO4. The van der Waals surface area contributed by atoms with Crippen molar-refractivity contribution in [2.75, 3.05) is 6.61 Å². The lowest BCUT2D eigenvalue weighted by Gasteiger charge is -2.30. The van der Waals surface area contributed by atoms with Crippen molar-refractivity contribution in [1.82, 2.24) is 5.32 Å². The van der Waals surface area contributed by atoms with E-state index in [0.717, 1.165) is 28.7 Å². The van der Waals surface area contributed by atoms with E-state index in [9.17, 15) is 14.7 Å². The first-order valence-electron chi connectivity index (χ1n) is 10.1. The van der Waals surface area contributed by atoms with Crippen molar-refractivity contribution in [2.45, 2.75) is 45.1 Å². The highest BCUT2D eigenvalue weighted by Gasteiger charge is 2.55. The first-order chi connectivity index (χ1) is 13.7. The first kappa shape index (κ1) is 19.5. The molecule has 5 heteroatoms. The summed E-state index contributed by atoms with van der Waals surface area (Å²) in [6, 6.07) is 16.3. The zero-order valence-electron chi connectivity index (χ0n) is 17.1. The zero-order chi connectivity index (χ0) is 20.8. The maximum atomic E-state index is 12.6. The number of hydrogen-bond donors (Lipinski definition) is 2. The van der Waals surface area contributed by atoms with Crippen LogP contribution in [0.3, 0.4) is 0 Å². The number of rotatable bonds is 4. The van der Waals surface area contributed by atoms with E-state index >= 15 is 0 Å². The van der Waals surface area contributed by atoms with Gasteiger partial charge in [0.25, 0.3) is 0 Å². The van der Waals surface area contributed by atoms with Crippen LogP contribution in [-0.2, 0) is 9.53 Å². The number of alkyl carbamates (subject to hydrolysis) is 1. The molecule has 2 unspecified atom stereocenters. The van der Waals surface area contributed by atoms with Gasteiger partial charge in [-0.05, 0) is 46.4 Å². The van der Waals surface area contributed by atoms with Gasteiger partial charge >= 0.3 is 12.1 Å². The van der Waals surface area contributed by atoms with E-state index in [2.05, 4.69) is 29.6 Å². The van der Waals surface area contributed by atoms with E-state index in [4.69, 9.17) is 4.74 Å². The van der Waals surface area contributed by atoms with E-state index in [0.29, 0.717) is 6.42 Å². The number of carboxylic acids is 1. The molecule has 152 valence electrons. The van der Waals surface area contributed by atoms with E-state index < -0.39 is 17.6 Å². The molecule has 0 bridgehead atoms. The van der Waals surface area contributed by atoms with Crippen molar-refractivity contribution in [1.29, 1.82) is 0 Å². The molecule has 0 saturated heterocycles. The maximum absolute atomic E-state index is 12.6. The van der Waals surface area contributed by atoms with Crippen LogP contribution in [0.5, 0.6) is 0 Å². The highest BCUT2D eigenvalue weighted by Crippen LogP contribution is 2.48. The normalized spacial score (nSPS) is 24.6. The molecule has 1 saturated carbocycles. The number of nitrogens with one attached hydrogen (secondary N) is 1. The topological polar surface area (TPSA) is 75.6 Å². The number of amides is 1. The summed E-state index contributed by atoms with van der Waals surface area (Å²) in [6.07, 6.45) is 0.461. The monoisotopic (exact) mass is 393 g/mol. The van der Waals surface area contributed by atoms with Crippen LogP contribution in [0.15, 0.2) is 48.5 Å². The highest BCUT2D eigenvalue weighted by molar-refractivity contribution is 5.85. The summed E-state index contributed by atoms with van der Waals surface area (Å²) in [6.45, 7) is 6.13. The SMILES string of the molecule is CC1CC(C)(C)CC1(NC(=O)OCC1c2ccccc2-c2ccccc21)C(=O)O. The van der Waals surface area contributed by atoms with Crippen molar-refractivity contribution in [3.63, 3.8) is 0 Å². The Labute approximate surface area is 171 Å². The van der Waals surface area contributed by atoms with Crippen LogP contribution in [0.1, 0.15) is 50.7 Å². The number of carboxylic acid groups (broad SMARTS) is 1. The predicted octanol–water partition coefficient (Wildman–Crippen LogP) is 4.80. The average molecular weight is 393 g/mol. The van der Waals surface area contributed by atoms with Gasteiger partial charge in [0.1, 0.15) is 12.1 Å². The molecule has 0 aliphatic heterocycles. The third-order valence-corrected chi connectivity index (χ3v) is 6.51. The molecule has 2 aromatic rings. The molecule has 2 N–H and O–H groups in total. The third-order valence-electron chi connectivity index (χ3n) is 6.51. The fraction of sp³-hybridized carbons (Fsp3) is 0.417. The van der Waals surface area contributed by atoms with Crippen LogP contribution >= 0.6 is 0 Å². The van der Waals surface area contributed by atoms with Crippen molar-refractivity contribution in [3.05, 3.63) is 59.7 Å². The Hall–Kier alpha value is -2.82. The molecule has 0 heterocycles. The number of fused-ring (bicyclic) bond motifs is 3. The Morgan fingerprint density at radius 1 is 1.07 bits per heavy atom. The summed E-state index contributed by atoms with van der Waals surface area (Å²) in [4.78, 5) is 24.7. The third kappa shape index (κ3) is 3.28. The van der Waals surface area contributed by atoms with E-state index in [-0.39, 0.29) is 23.9 Å². The summed E-state index contributed by atoms with van der Waals surface area (Å²) in [5.41, 5.74) is 3.14. The Kier molecular flexibility index (Phi) is 4.64. The fourth-order valence-electron chi connectivity index (χ4n) is 5.33. The zero-order valence-corrected chi connectivity index (χ0v) is 17.1. The Morgan fingerprint density at radius 3 is 2.10 bits per heavy atom. The second kappa shape index (κ2) is 6.90. The van der Waals surface area contributed by atoms with Gasteiger partial charge in [0.05, 0.1) is 0 Å². The minimum absolute atomic E-state index is 0.0497. The molecule has 2 aliphatic rings. The van der Waals surface area contributed by atoms with Crippen molar-refractivity contribution in [3.8, 4) is 11.1 Å². The molecule has 29 heavy (non-hydrogen) atoms. The molecular weight excluding hydrogens is 366 g/mol. The number of ether oxygens (including phenoxy) is 1. The lowest BCUT2D eigenvalue weighted by atomic mass is 9.86. The Bertz CT molecular complexity index is 921. The summed E-state index contributed by atoms with van der Waals surface area (Å²) in [7, 11) is 0. The summed E-state index contributed by atoms with van der Waals surface area (Å²) in [5.74, 6) is -1.22. The van der Waals surface area contributed by atoms with E-state index in [1.807, 2.05) is 45.0 Å². The molecule has 4 rings (SSSR count). The van der Waals surface area contributed by atoms with Gasteiger partial charge in [-0.25, -0.2) is 9.59 Å². The largest absolute Gasteiger partial charge is 0.479 e. The van der Waals surface area contributed by atoms with Gasteiger partial charge in [-0.15, -0.1) is 0 Å². The molecule has 5 nitrogen and oxygen atoms in total. The molecule has 1 amide bonds. The van der Waals surface area contributed by atoms with Gasteiger partial charge in [-0.3, -0.25) is 0 Å². The molecule has 1 fully saturated rings. The fourth-order valence-corrected chi connectivity index (χ4v) is 5.33. The number of hydrogen-bond acceptors (Lipinski definition) is 3. The Balaban J connectivity index is 1.51. The molecule has 2 aromatic carbocycles. The maximum Gasteiger partial charge on any atom is 0.408 e. The number of aliphatic carboxylic acids is 1. The molecule has 0 aromatic heterocycles. The molecule has 0 spiro atoms. The smallest absolute Gasteiger partial charge is 0.408 e. The second-order valence-electron chi connectivity index (χ2n) is 9.17. The van der Waals surface area contributed by atoms with Gasteiger partial charge < -0.3 is 15.2 Å². The minimum Gasteiger partial charge on any atom is -0.479 e. The van der Waals surface area contributed by atoms with Crippen LogP contribution in [-0.4, -0.2) is 29.3 Å². The standard InChI is InChI=1S/C24H27NO4/c1-15-12-23(2,3)14-24(15,21(26)27)25-22(28)29-13-20-18-10-6-4-8-16(18)17-9-5-7-11-19(17)20/h4-11,15,20H,12-14H2,1-3H3,(H,25,28)(H,26,27).